The average molecular weight is 566 g/mol. The topological polar surface area (TPSA) is 79.4 Å². The second kappa shape index (κ2) is 10.6. The molecule has 2 heterocycles. The van der Waals surface area contributed by atoms with Gasteiger partial charge in [0.2, 0.25) is 0 Å². The normalized spacial score (nSPS) is 19.6. The number of hydrogen-bond acceptors (Lipinski definition) is 5. The van der Waals surface area contributed by atoms with Gasteiger partial charge in [-0.1, -0.05) is 12.1 Å². The molecule has 4 rings (SSSR count). The van der Waals surface area contributed by atoms with Crippen LogP contribution in [-0.2, 0) is 22.7 Å². The Hall–Kier alpha value is -3.51. The van der Waals surface area contributed by atoms with E-state index in [4.69, 9.17) is 0 Å². The summed E-state index contributed by atoms with van der Waals surface area (Å²) in [7, 11) is -0.707. The Labute approximate surface area is 224 Å². The number of aromatic nitrogens is 1. The van der Waals surface area contributed by atoms with E-state index in [0.29, 0.717) is 35.5 Å². The van der Waals surface area contributed by atoms with Gasteiger partial charge in [-0.05, 0) is 61.0 Å². The number of quaternary nitrogens is 1. The summed E-state index contributed by atoms with van der Waals surface area (Å²) in [5, 5.41) is 2.76. The minimum Gasteiger partial charge on any atom is -0.363 e. The first-order chi connectivity index (χ1) is 18.3. The first-order valence-corrected chi connectivity index (χ1v) is 13.7. The van der Waals surface area contributed by atoms with Crippen LogP contribution in [0.2, 0.25) is 0 Å². The molecule has 1 aliphatic rings. The van der Waals surface area contributed by atoms with E-state index in [1.165, 1.54) is 12.1 Å². The van der Waals surface area contributed by atoms with Crippen molar-refractivity contribution >= 4 is 21.9 Å². The molecule has 7 nitrogen and oxygen atoms in total. The van der Waals surface area contributed by atoms with Gasteiger partial charge in [0.1, 0.15) is 29.1 Å². The minimum atomic E-state index is -4.47. The highest BCUT2D eigenvalue weighted by Crippen LogP contribution is 2.36. The molecule has 0 aliphatic carbocycles. The van der Waals surface area contributed by atoms with Crippen molar-refractivity contribution in [3.05, 3.63) is 77.6 Å². The molecule has 1 saturated heterocycles. The van der Waals surface area contributed by atoms with E-state index in [0.717, 1.165) is 36.4 Å². The van der Waals surface area contributed by atoms with Crippen molar-refractivity contribution in [1.29, 1.82) is 0 Å². The van der Waals surface area contributed by atoms with Crippen molar-refractivity contribution in [3.63, 3.8) is 0 Å². The number of alkyl halides is 3. The third kappa shape index (κ3) is 5.48. The predicted molar refractivity (Wildman–Crippen MR) is 139 cm³/mol. The fourth-order valence-corrected chi connectivity index (χ4v) is 6.89. The van der Waals surface area contributed by atoms with Crippen molar-refractivity contribution in [2.75, 3.05) is 25.5 Å². The van der Waals surface area contributed by atoms with Crippen LogP contribution in [0.25, 0.3) is 11.3 Å². The van der Waals surface area contributed by atoms with Crippen molar-refractivity contribution < 1.29 is 34.7 Å². The third-order valence-corrected chi connectivity index (χ3v) is 9.42. The molecule has 0 radical (unpaired) electrons. The lowest BCUT2D eigenvalue weighted by Crippen LogP contribution is -2.62. The largest absolute Gasteiger partial charge is 0.432 e. The Morgan fingerprint density at radius 3 is 2.26 bits per heavy atom. The van der Waals surface area contributed by atoms with E-state index in [2.05, 4.69) is 10.3 Å². The van der Waals surface area contributed by atoms with Crippen molar-refractivity contribution in [2.45, 2.75) is 43.4 Å². The van der Waals surface area contributed by atoms with Gasteiger partial charge >= 0.3 is 22.2 Å². The van der Waals surface area contributed by atoms with Gasteiger partial charge in [-0.15, -0.1) is 3.89 Å². The Kier molecular flexibility index (Phi) is 7.72. The number of benzene rings is 2. The number of nitrogens with zero attached hydrogens (tertiary/aromatic N) is 3. The molecule has 12 heteroatoms. The number of carbonyl (C=O) groups excluding carboxylic acids is 1. The summed E-state index contributed by atoms with van der Waals surface area (Å²) in [6, 6.07) is 11.1. The molecule has 2 atom stereocenters. The van der Waals surface area contributed by atoms with Gasteiger partial charge in [0.25, 0.3) is 0 Å². The Morgan fingerprint density at radius 2 is 1.72 bits per heavy atom. The molecule has 1 fully saturated rings. The molecule has 0 saturated carbocycles. The predicted octanol–water partition coefficient (Wildman–Crippen LogP) is 5.57. The Balaban J connectivity index is 1.64. The number of sulfonamides is 1. The number of anilines is 1. The monoisotopic (exact) mass is 565 g/mol. The van der Waals surface area contributed by atoms with Gasteiger partial charge < -0.3 is 10.2 Å². The summed E-state index contributed by atoms with van der Waals surface area (Å²) in [6.07, 6.45) is -3.42. The molecule has 1 aromatic heterocycles. The summed E-state index contributed by atoms with van der Waals surface area (Å²) in [5.41, 5.74) is 0.658. The standard InChI is InChI=1S/C27H28F4N4O3S/c1-18-5-4-14-35(18,39(37,38)23-12-10-22(28)11-13-23)26(36)32-17-19-15-24(33-25(16-19)34(2)3)20-6-8-21(9-7-20)27(29,30)31/h6-13,15-16,18H,4-5,14,17H2,1-3H3/p+1/t18-,35?/m1/s1. The van der Waals surface area contributed by atoms with E-state index in [1.807, 2.05) is 0 Å². The molecule has 208 valence electrons. The van der Waals surface area contributed by atoms with Crippen molar-refractivity contribution in [2.24, 2.45) is 0 Å². The van der Waals surface area contributed by atoms with Crippen LogP contribution in [0.3, 0.4) is 0 Å². The summed E-state index contributed by atoms with van der Waals surface area (Å²) in [5.74, 6) is -0.0772. The van der Waals surface area contributed by atoms with Gasteiger partial charge in [-0.3, -0.25) is 0 Å². The van der Waals surface area contributed by atoms with Gasteiger partial charge in [-0.25, -0.2) is 14.2 Å². The molecule has 2 aromatic carbocycles. The van der Waals surface area contributed by atoms with Crippen LogP contribution in [-0.4, -0.2) is 50.0 Å². The Morgan fingerprint density at radius 1 is 1.08 bits per heavy atom. The maximum Gasteiger partial charge on any atom is 0.432 e. The molecular weight excluding hydrogens is 536 g/mol. The molecule has 1 unspecified atom stereocenters. The molecule has 39 heavy (non-hydrogen) atoms. The summed E-state index contributed by atoms with van der Waals surface area (Å²) < 4.78 is 79.1. The maximum atomic E-state index is 13.7. The summed E-state index contributed by atoms with van der Waals surface area (Å²) >= 11 is 0. The molecule has 0 spiro atoms. The average Bonchev–Trinajstić information content (AvgIpc) is 3.29. The number of carbonyl (C=O) groups is 1. The van der Waals surface area contributed by atoms with Gasteiger partial charge in [0.15, 0.2) is 0 Å². The van der Waals surface area contributed by atoms with E-state index < -0.39 is 43.5 Å². The number of halogens is 4. The van der Waals surface area contributed by atoms with Crippen LogP contribution in [0, 0.1) is 5.82 Å². The molecule has 0 bridgehead atoms. The zero-order chi connectivity index (χ0) is 28.6. The molecule has 1 N–H and O–H groups in total. The lowest BCUT2D eigenvalue weighted by atomic mass is 10.1. The summed E-state index contributed by atoms with van der Waals surface area (Å²) in [6.45, 7) is 1.73. The number of nitrogens with one attached hydrogen (secondary N) is 1. The quantitative estimate of drug-likeness (QED) is 0.312. The van der Waals surface area contributed by atoms with Crippen LogP contribution >= 0.6 is 0 Å². The summed E-state index contributed by atoms with van der Waals surface area (Å²) in [4.78, 5) is 19.7. The highest BCUT2D eigenvalue weighted by molar-refractivity contribution is 7.86. The fraction of sp³-hybridized carbons (Fsp3) is 0.333. The van der Waals surface area contributed by atoms with Crippen LogP contribution in [0.5, 0.6) is 0 Å². The van der Waals surface area contributed by atoms with Gasteiger partial charge in [-0.2, -0.15) is 21.6 Å². The highest BCUT2D eigenvalue weighted by Gasteiger charge is 2.56. The second-order valence-corrected chi connectivity index (χ2v) is 11.9. The first kappa shape index (κ1) is 28.5. The van der Waals surface area contributed by atoms with Crippen LogP contribution < -0.4 is 10.2 Å². The van der Waals surface area contributed by atoms with Crippen LogP contribution in [0.4, 0.5) is 28.2 Å². The number of pyridine rings is 1. The number of urea groups is 1. The highest BCUT2D eigenvalue weighted by atomic mass is 32.2. The van der Waals surface area contributed by atoms with Gasteiger partial charge in [0, 0.05) is 39.0 Å². The van der Waals surface area contributed by atoms with Gasteiger partial charge in [0.05, 0.1) is 11.3 Å². The van der Waals surface area contributed by atoms with E-state index >= 15 is 0 Å². The van der Waals surface area contributed by atoms with E-state index in [9.17, 15) is 30.8 Å². The third-order valence-electron chi connectivity index (χ3n) is 6.99. The van der Waals surface area contributed by atoms with Crippen LogP contribution in [0.1, 0.15) is 30.9 Å². The number of amides is 2. The number of hydrogen-bond donors (Lipinski definition) is 1. The van der Waals surface area contributed by atoms with Crippen molar-refractivity contribution in [1.82, 2.24) is 10.3 Å². The number of likely N-dealkylation sites (tertiary alicyclic amines) is 1. The molecule has 2 amide bonds. The fourth-order valence-electron chi connectivity index (χ4n) is 4.80. The molecular formula is C27H29F4N4O3S+. The zero-order valence-corrected chi connectivity index (χ0v) is 22.5. The maximum absolute atomic E-state index is 13.7. The lowest BCUT2D eigenvalue weighted by Gasteiger charge is -2.33. The smallest absolute Gasteiger partial charge is 0.363 e. The molecule has 1 aliphatic heterocycles. The second-order valence-electron chi connectivity index (χ2n) is 9.79. The lowest BCUT2D eigenvalue weighted by molar-refractivity contribution is -0.733. The minimum absolute atomic E-state index is 0.0402. The molecule has 3 aromatic rings. The van der Waals surface area contributed by atoms with Crippen LogP contribution in [0.15, 0.2) is 65.6 Å². The SMILES string of the molecule is C[C@@H]1CCC[N+]1(C(=O)NCc1cc(-c2ccc(C(F)(F)F)cc2)nc(N(C)C)c1)S(=O)(=O)c1ccc(F)cc1. The van der Waals surface area contributed by atoms with E-state index in [1.54, 1.807) is 38.1 Å². The Bertz CT molecular complexity index is 1460. The number of rotatable bonds is 6. The zero-order valence-electron chi connectivity index (χ0n) is 21.7. The first-order valence-electron chi connectivity index (χ1n) is 12.3. The van der Waals surface area contributed by atoms with Crippen molar-refractivity contribution in [3.8, 4) is 11.3 Å². The van der Waals surface area contributed by atoms with E-state index in [-0.39, 0.29) is 18.0 Å².